The highest BCUT2D eigenvalue weighted by atomic mass is 19.4. The minimum Gasteiger partial charge on any atom is -0.324 e. The molecule has 1 fully saturated rings. The predicted octanol–water partition coefficient (Wildman–Crippen LogP) is 4.98. The van der Waals surface area contributed by atoms with Crippen molar-refractivity contribution < 1.29 is 13.2 Å². The number of halogens is 3. The first-order valence-corrected chi connectivity index (χ1v) is 7.31. The predicted molar refractivity (Wildman–Crippen MR) is 74.3 cm³/mol. The fourth-order valence-corrected chi connectivity index (χ4v) is 3.14. The van der Waals surface area contributed by atoms with Crippen molar-refractivity contribution in [2.24, 2.45) is 11.7 Å². The average Bonchev–Trinajstić information content (AvgIpc) is 2.87. The molecule has 1 unspecified atom stereocenters. The van der Waals surface area contributed by atoms with Crippen LogP contribution in [0.5, 0.6) is 0 Å². The van der Waals surface area contributed by atoms with E-state index in [0.29, 0.717) is 5.56 Å². The van der Waals surface area contributed by atoms with E-state index in [-0.39, 0.29) is 6.04 Å². The first-order valence-electron chi connectivity index (χ1n) is 7.31. The molecule has 1 aliphatic rings. The zero-order chi connectivity index (χ0) is 14.8. The quantitative estimate of drug-likeness (QED) is 0.829. The van der Waals surface area contributed by atoms with Crippen LogP contribution < -0.4 is 5.73 Å². The van der Waals surface area contributed by atoms with Gasteiger partial charge in [-0.1, -0.05) is 31.7 Å². The van der Waals surface area contributed by atoms with Crippen LogP contribution in [0.3, 0.4) is 0 Å². The summed E-state index contributed by atoms with van der Waals surface area (Å²) < 4.78 is 37.9. The third kappa shape index (κ3) is 3.75. The monoisotopic (exact) mass is 285 g/mol. The molecule has 1 saturated carbocycles. The van der Waals surface area contributed by atoms with Crippen LogP contribution in [0.4, 0.5) is 13.2 Å². The summed E-state index contributed by atoms with van der Waals surface area (Å²) in [4.78, 5) is 0. The number of hydrogen-bond donors (Lipinski definition) is 1. The number of hydrogen-bond acceptors (Lipinski definition) is 1. The lowest BCUT2D eigenvalue weighted by Gasteiger charge is -2.18. The van der Waals surface area contributed by atoms with Gasteiger partial charge in [0, 0.05) is 6.04 Å². The number of benzene rings is 1. The number of alkyl halides is 3. The van der Waals surface area contributed by atoms with Crippen molar-refractivity contribution in [3.63, 3.8) is 0 Å². The molecule has 2 N–H and O–H groups in total. The second kappa shape index (κ2) is 6.17. The van der Waals surface area contributed by atoms with E-state index in [4.69, 9.17) is 5.73 Å². The van der Waals surface area contributed by atoms with Gasteiger partial charge in [-0.25, -0.2) is 0 Å². The van der Waals surface area contributed by atoms with E-state index in [1.54, 1.807) is 6.92 Å². The Labute approximate surface area is 118 Å². The highest BCUT2D eigenvalue weighted by molar-refractivity contribution is 5.34. The summed E-state index contributed by atoms with van der Waals surface area (Å²) in [6.07, 6.45) is 2.82. The largest absolute Gasteiger partial charge is 0.416 e. The Hall–Kier alpha value is -1.03. The van der Waals surface area contributed by atoms with Crippen LogP contribution in [-0.4, -0.2) is 0 Å². The molecule has 0 bridgehead atoms. The van der Waals surface area contributed by atoms with Crippen molar-refractivity contribution in [3.8, 4) is 0 Å². The van der Waals surface area contributed by atoms with E-state index < -0.39 is 11.7 Å². The Morgan fingerprint density at radius 3 is 2.45 bits per heavy atom. The molecule has 1 aromatic carbocycles. The summed E-state index contributed by atoms with van der Waals surface area (Å²) in [5.74, 6) is 0.760. The fraction of sp³-hybridized carbons (Fsp3) is 0.625. The van der Waals surface area contributed by atoms with Crippen LogP contribution in [-0.2, 0) is 6.18 Å². The van der Waals surface area contributed by atoms with Gasteiger partial charge in [0.05, 0.1) is 5.56 Å². The van der Waals surface area contributed by atoms with Gasteiger partial charge in [0.15, 0.2) is 0 Å². The Bertz CT molecular complexity index is 448. The van der Waals surface area contributed by atoms with Gasteiger partial charge in [-0.05, 0) is 48.9 Å². The highest BCUT2D eigenvalue weighted by Crippen LogP contribution is 2.34. The van der Waals surface area contributed by atoms with Crippen molar-refractivity contribution in [3.05, 3.63) is 34.9 Å². The molecule has 0 spiro atoms. The zero-order valence-corrected chi connectivity index (χ0v) is 11.8. The SMILES string of the molecule is Cc1cc(C(F)(F)F)ccc1C(N)CCC1CCCC1. The van der Waals surface area contributed by atoms with E-state index in [9.17, 15) is 13.2 Å². The normalized spacial score (nSPS) is 18.4. The van der Waals surface area contributed by atoms with Gasteiger partial charge in [0.1, 0.15) is 0 Å². The molecule has 1 atom stereocenters. The van der Waals surface area contributed by atoms with E-state index in [0.717, 1.165) is 30.4 Å². The van der Waals surface area contributed by atoms with Crippen molar-refractivity contribution in [2.45, 2.75) is 57.7 Å². The second-order valence-electron chi connectivity index (χ2n) is 5.90. The van der Waals surface area contributed by atoms with Gasteiger partial charge in [-0.3, -0.25) is 0 Å². The molecule has 0 heterocycles. The minimum absolute atomic E-state index is 0.155. The van der Waals surface area contributed by atoms with Crippen LogP contribution in [0.1, 0.15) is 61.3 Å². The standard InChI is InChI=1S/C16H22F3N/c1-11-10-13(16(17,18)19)7-8-14(11)15(20)9-6-12-4-2-3-5-12/h7-8,10,12,15H,2-6,9,20H2,1H3. The van der Waals surface area contributed by atoms with Gasteiger partial charge in [0.25, 0.3) is 0 Å². The Morgan fingerprint density at radius 2 is 1.90 bits per heavy atom. The van der Waals surface area contributed by atoms with Crippen LogP contribution in [0.25, 0.3) is 0 Å². The van der Waals surface area contributed by atoms with Crippen LogP contribution >= 0.6 is 0 Å². The van der Waals surface area contributed by atoms with Crippen molar-refractivity contribution in [1.82, 2.24) is 0 Å². The van der Waals surface area contributed by atoms with Crippen molar-refractivity contribution in [2.75, 3.05) is 0 Å². The number of nitrogens with two attached hydrogens (primary N) is 1. The van der Waals surface area contributed by atoms with Gasteiger partial charge >= 0.3 is 6.18 Å². The molecule has 0 aliphatic heterocycles. The van der Waals surface area contributed by atoms with Gasteiger partial charge in [-0.2, -0.15) is 13.2 Å². The fourth-order valence-electron chi connectivity index (χ4n) is 3.14. The Balaban J connectivity index is 2.00. The highest BCUT2D eigenvalue weighted by Gasteiger charge is 2.30. The van der Waals surface area contributed by atoms with Crippen molar-refractivity contribution >= 4 is 0 Å². The molecule has 1 aliphatic carbocycles. The summed E-state index contributed by atoms with van der Waals surface area (Å²) in [5, 5.41) is 0. The molecule has 112 valence electrons. The third-order valence-corrected chi connectivity index (χ3v) is 4.36. The molecule has 0 radical (unpaired) electrons. The zero-order valence-electron chi connectivity index (χ0n) is 11.8. The first kappa shape index (κ1) is 15.4. The smallest absolute Gasteiger partial charge is 0.324 e. The van der Waals surface area contributed by atoms with E-state index in [1.165, 1.54) is 37.8 Å². The second-order valence-corrected chi connectivity index (χ2v) is 5.90. The topological polar surface area (TPSA) is 26.0 Å². The lowest BCUT2D eigenvalue weighted by atomic mass is 9.92. The lowest BCUT2D eigenvalue weighted by Crippen LogP contribution is -2.14. The van der Waals surface area contributed by atoms with E-state index >= 15 is 0 Å². The Kier molecular flexibility index (Phi) is 4.74. The Morgan fingerprint density at radius 1 is 1.25 bits per heavy atom. The summed E-state index contributed by atoms with van der Waals surface area (Å²) in [5.41, 5.74) is 7.04. The molecule has 2 rings (SSSR count). The molecule has 1 nitrogen and oxygen atoms in total. The van der Waals surface area contributed by atoms with Crippen LogP contribution in [0, 0.1) is 12.8 Å². The molecule has 1 aromatic rings. The molecular formula is C16H22F3N. The maximum absolute atomic E-state index is 12.6. The summed E-state index contributed by atoms with van der Waals surface area (Å²) in [6, 6.07) is 3.72. The van der Waals surface area contributed by atoms with Gasteiger partial charge in [-0.15, -0.1) is 0 Å². The third-order valence-electron chi connectivity index (χ3n) is 4.36. The maximum atomic E-state index is 12.6. The number of rotatable bonds is 4. The average molecular weight is 285 g/mol. The van der Waals surface area contributed by atoms with Gasteiger partial charge in [0.2, 0.25) is 0 Å². The minimum atomic E-state index is -4.28. The molecule has 4 heteroatoms. The summed E-state index contributed by atoms with van der Waals surface area (Å²) >= 11 is 0. The first-order chi connectivity index (χ1) is 9.38. The van der Waals surface area contributed by atoms with Crippen LogP contribution in [0.15, 0.2) is 18.2 Å². The van der Waals surface area contributed by atoms with Gasteiger partial charge < -0.3 is 5.73 Å². The maximum Gasteiger partial charge on any atom is 0.416 e. The van der Waals surface area contributed by atoms with E-state index in [1.807, 2.05) is 0 Å². The lowest BCUT2D eigenvalue weighted by molar-refractivity contribution is -0.137. The summed E-state index contributed by atoms with van der Waals surface area (Å²) in [7, 11) is 0. The molecule has 0 saturated heterocycles. The molecule has 0 amide bonds. The molecular weight excluding hydrogens is 263 g/mol. The number of aryl methyl sites for hydroxylation is 1. The van der Waals surface area contributed by atoms with Crippen molar-refractivity contribution in [1.29, 1.82) is 0 Å². The molecule has 20 heavy (non-hydrogen) atoms. The van der Waals surface area contributed by atoms with Crippen LogP contribution in [0.2, 0.25) is 0 Å². The molecule has 0 aromatic heterocycles. The van der Waals surface area contributed by atoms with E-state index in [2.05, 4.69) is 0 Å². The summed E-state index contributed by atoms with van der Waals surface area (Å²) in [6.45, 7) is 1.71.